The highest BCUT2D eigenvalue weighted by Gasteiger charge is 2.16. The van der Waals surface area contributed by atoms with Gasteiger partial charge in [-0.1, -0.05) is 0 Å². The second kappa shape index (κ2) is 5.23. The molecule has 0 aromatic heterocycles. The first-order valence-corrected chi connectivity index (χ1v) is 6.22. The van der Waals surface area contributed by atoms with Crippen LogP contribution in [0.1, 0.15) is 12.5 Å². The van der Waals surface area contributed by atoms with Gasteiger partial charge in [-0.15, -0.1) is 0 Å². The molecule has 1 aromatic carbocycles. The van der Waals surface area contributed by atoms with Gasteiger partial charge >= 0.3 is 0 Å². The van der Waals surface area contributed by atoms with Crippen molar-refractivity contribution >= 4 is 10.0 Å². The fourth-order valence-corrected chi connectivity index (χ4v) is 2.22. The van der Waals surface area contributed by atoms with E-state index in [-0.39, 0.29) is 17.0 Å². The minimum Gasteiger partial charge on any atom is -0.392 e. The van der Waals surface area contributed by atoms with E-state index in [1.165, 1.54) is 6.92 Å². The molecule has 0 saturated carbocycles. The average molecular weight is 258 g/mol. The minimum atomic E-state index is -3.83. The number of nitrogens with zero attached hydrogens (tertiary/aromatic N) is 1. The van der Waals surface area contributed by atoms with Gasteiger partial charge in [-0.25, -0.2) is 17.5 Å². The third kappa shape index (κ3) is 3.49. The van der Waals surface area contributed by atoms with E-state index in [1.807, 2.05) is 0 Å². The molecule has 0 aliphatic rings. The van der Waals surface area contributed by atoms with Gasteiger partial charge in [0.15, 0.2) is 0 Å². The molecule has 0 amide bonds. The molecule has 92 valence electrons. The van der Waals surface area contributed by atoms with E-state index in [0.29, 0.717) is 0 Å². The number of hydrogen-bond donors (Lipinski definition) is 2. The largest absolute Gasteiger partial charge is 0.392 e. The van der Waals surface area contributed by atoms with E-state index in [0.717, 1.165) is 18.2 Å². The summed E-state index contributed by atoms with van der Waals surface area (Å²) in [6.45, 7) is 1.27. The fraction of sp³-hybridized carbons (Fsp3) is 0.300. The first kappa shape index (κ1) is 13.6. The Hall–Kier alpha value is -1.49. The zero-order chi connectivity index (χ0) is 13.1. The molecule has 0 spiro atoms. The Morgan fingerprint density at radius 2 is 2.24 bits per heavy atom. The van der Waals surface area contributed by atoms with Crippen LogP contribution in [0.25, 0.3) is 0 Å². The maximum absolute atomic E-state index is 13.0. The summed E-state index contributed by atoms with van der Waals surface area (Å²) in [6, 6.07) is 4.47. The Morgan fingerprint density at radius 1 is 1.59 bits per heavy atom. The lowest BCUT2D eigenvalue weighted by Gasteiger charge is -2.08. The summed E-state index contributed by atoms with van der Waals surface area (Å²) in [5.41, 5.74) is -0.343. The molecule has 0 fully saturated rings. The minimum absolute atomic E-state index is 0.151. The van der Waals surface area contributed by atoms with E-state index < -0.39 is 21.9 Å². The number of aliphatic hydroxyl groups excluding tert-OH is 1. The summed E-state index contributed by atoms with van der Waals surface area (Å²) in [4.78, 5) is -0.212. The molecule has 0 saturated heterocycles. The molecule has 0 aliphatic heterocycles. The lowest BCUT2D eigenvalue weighted by atomic mass is 10.2. The predicted octanol–water partition coefficient (Wildman–Crippen LogP) is 0.356. The highest BCUT2D eigenvalue weighted by molar-refractivity contribution is 7.89. The highest BCUT2D eigenvalue weighted by atomic mass is 32.2. The first-order valence-electron chi connectivity index (χ1n) is 4.74. The molecule has 0 aliphatic carbocycles. The Labute approximate surface area is 98.6 Å². The summed E-state index contributed by atoms with van der Waals surface area (Å²) >= 11 is 0. The zero-order valence-corrected chi connectivity index (χ0v) is 9.83. The normalized spacial score (nSPS) is 13.1. The van der Waals surface area contributed by atoms with E-state index in [4.69, 9.17) is 10.4 Å². The smallest absolute Gasteiger partial charge is 0.240 e. The lowest BCUT2D eigenvalue weighted by Crippen LogP contribution is -2.30. The van der Waals surface area contributed by atoms with Gasteiger partial charge in [0.1, 0.15) is 11.9 Å². The fourth-order valence-electron chi connectivity index (χ4n) is 1.07. The van der Waals surface area contributed by atoms with Crippen LogP contribution in [0.15, 0.2) is 23.1 Å². The summed E-state index contributed by atoms with van der Waals surface area (Å²) in [6.07, 6.45) is -0.833. The molecular weight excluding hydrogens is 247 g/mol. The maximum atomic E-state index is 13.0. The molecule has 0 heterocycles. The average Bonchev–Trinajstić information content (AvgIpc) is 2.27. The summed E-state index contributed by atoms with van der Waals surface area (Å²) in [7, 11) is -3.83. The van der Waals surface area contributed by atoms with Gasteiger partial charge in [0, 0.05) is 6.54 Å². The van der Waals surface area contributed by atoms with Crippen molar-refractivity contribution < 1.29 is 17.9 Å². The lowest BCUT2D eigenvalue weighted by molar-refractivity contribution is 0.198. The highest BCUT2D eigenvalue weighted by Crippen LogP contribution is 2.14. The van der Waals surface area contributed by atoms with E-state index >= 15 is 0 Å². The maximum Gasteiger partial charge on any atom is 0.240 e. The van der Waals surface area contributed by atoms with Crippen molar-refractivity contribution in [3.63, 3.8) is 0 Å². The second-order valence-electron chi connectivity index (χ2n) is 3.45. The monoisotopic (exact) mass is 258 g/mol. The van der Waals surface area contributed by atoms with Crippen LogP contribution < -0.4 is 4.72 Å². The van der Waals surface area contributed by atoms with Gasteiger partial charge in [0.2, 0.25) is 10.0 Å². The number of nitriles is 1. The number of rotatable bonds is 4. The molecule has 0 bridgehead atoms. The van der Waals surface area contributed by atoms with Crippen molar-refractivity contribution in [2.75, 3.05) is 6.54 Å². The summed E-state index contributed by atoms with van der Waals surface area (Å²) in [5, 5.41) is 17.5. The third-order valence-electron chi connectivity index (χ3n) is 1.94. The predicted molar refractivity (Wildman–Crippen MR) is 58.0 cm³/mol. The molecule has 1 aromatic rings. The van der Waals surface area contributed by atoms with Gasteiger partial charge in [-0.3, -0.25) is 0 Å². The molecule has 1 atom stereocenters. The molecule has 0 radical (unpaired) electrons. The van der Waals surface area contributed by atoms with Gasteiger partial charge in [-0.05, 0) is 25.1 Å². The van der Waals surface area contributed by atoms with Crippen LogP contribution in [0.5, 0.6) is 0 Å². The quantitative estimate of drug-likeness (QED) is 0.815. The molecule has 1 rings (SSSR count). The van der Waals surface area contributed by atoms with Crippen molar-refractivity contribution in [2.24, 2.45) is 0 Å². The van der Waals surface area contributed by atoms with Crippen LogP contribution in [-0.2, 0) is 10.0 Å². The van der Waals surface area contributed by atoms with E-state index in [1.54, 1.807) is 6.07 Å². The van der Waals surface area contributed by atoms with Crippen LogP contribution in [-0.4, -0.2) is 26.2 Å². The molecule has 2 N–H and O–H groups in total. The SMILES string of the molecule is C[C@@H](O)CNS(=O)(=O)c1ccc(F)c(C#N)c1. The number of halogens is 1. The number of nitrogens with one attached hydrogen (secondary N) is 1. The number of sulfonamides is 1. The molecule has 7 heteroatoms. The van der Waals surface area contributed by atoms with Gasteiger partial charge < -0.3 is 5.11 Å². The van der Waals surface area contributed by atoms with Crippen LogP contribution in [0.3, 0.4) is 0 Å². The molecule has 5 nitrogen and oxygen atoms in total. The van der Waals surface area contributed by atoms with Crippen molar-refractivity contribution in [1.82, 2.24) is 4.72 Å². The van der Waals surface area contributed by atoms with Crippen molar-refractivity contribution in [2.45, 2.75) is 17.9 Å². The second-order valence-corrected chi connectivity index (χ2v) is 5.22. The Morgan fingerprint density at radius 3 is 2.76 bits per heavy atom. The van der Waals surface area contributed by atoms with Crippen LogP contribution in [0.4, 0.5) is 4.39 Å². The van der Waals surface area contributed by atoms with Crippen molar-refractivity contribution in [3.8, 4) is 6.07 Å². The molecular formula is C10H11FN2O3S. The third-order valence-corrected chi connectivity index (χ3v) is 3.36. The zero-order valence-electron chi connectivity index (χ0n) is 9.01. The van der Waals surface area contributed by atoms with Crippen LogP contribution in [0.2, 0.25) is 0 Å². The number of aliphatic hydroxyl groups is 1. The summed E-state index contributed by atoms with van der Waals surface area (Å²) in [5.74, 6) is -0.776. The Bertz CT molecular complexity index is 549. The van der Waals surface area contributed by atoms with E-state index in [9.17, 15) is 12.8 Å². The first-order chi connectivity index (χ1) is 7.86. The Kier molecular flexibility index (Phi) is 4.17. The molecule has 17 heavy (non-hydrogen) atoms. The molecule has 0 unspecified atom stereocenters. The van der Waals surface area contributed by atoms with E-state index in [2.05, 4.69) is 4.72 Å². The van der Waals surface area contributed by atoms with Gasteiger partial charge in [-0.2, -0.15) is 5.26 Å². The van der Waals surface area contributed by atoms with Gasteiger partial charge in [0.25, 0.3) is 0 Å². The van der Waals surface area contributed by atoms with Gasteiger partial charge in [0.05, 0.1) is 16.6 Å². The van der Waals surface area contributed by atoms with Crippen LogP contribution in [0, 0.1) is 17.1 Å². The van der Waals surface area contributed by atoms with Crippen LogP contribution >= 0.6 is 0 Å². The Balaban J connectivity index is 3.04. The topological polar surface area (TPSA) is 90.2 Å². The number of benzene rings is 1. The summed E-state index contributed by atoms with van der Waals surface area (Å²) < 4.78 is 38.5. The number of hydrogen-bond acceptors (Lipinski definition) is 4. The van der Waals surface area contributed by atoms with Crippen molar-refractivity contribution in [1.29, 1.82) is 5.26 Å². The standard InChI is InChI=1S/C10H11FN2O3S/c1-7(14)6-13-17(15,16)9-2-3-10(11)8(4-9)5-12/h2-4,7,13-14H,6H2,1H3/t7-/m1/s1. The van der Waals surface area contributed by atoms with Crippen molar-refractivity contribution in [3.05, 3.63) is 29.6 Å².